The van der Waals surface area contributed by atoms with E-state index in [0.717, 1.165) is 38.8 Å². The van der Waals surface area contributed by atoms with Crippen molar-refractivity contribution in [1.82, 2.24) is 14.7 Å². The molecule has 3 amide bonds. The van der Waals surface area contributed by atoms with Crippen LogP contribution in [-0.4, -0.2) is 71.7 Å². The monoisotopic (exact) mass is 323 g/mol. The highest BCUT2D eigenvalue weighted by molar-refractivity contribution is 6.04. The Morgan fingerprint density at radius 2 is 1.04 bits per heavy atom. The van der Waals surface area contributed by atoms with Crippen LogP contribution in [0.5, 0.6) is 0 Å². The molecule has 130 valence electrons. The van der Waals surface area contributed by atoms with Crippen LogP contribution < -0.4 is 0 Å². The molecule has 23 heavy (non-hydrogen) atoms. The molecule has 6 heteroatoms. The van der Waals surface area contributed by atoms with Gasteiger partial charge in [-0.25, -0.2) is 0 Å². The van der Waals surface area contributed by atoms with Crippen LogP contribution in [0.4, 0.5) is 0 Å². The van der Waals surface area contributed by atoms with Crippen molar-refractivity contribution in [3.63, 3.8) is 0 Å². The van der Waals surface area contributed by atoms with Crippen LogP contribution in [0.2, 0.25) is 0 Å². The predicted molar refractivity (Wildman–Crippen MR) is 87.7 cm³/mol. The Balaban J connectivity index is 1.99. The van der Waals surface area contributed by atoms with Gasteiger partial charge in [0.25, 0.3) is 0 Å². The maximum absolute atomic E-state index is 12.8. The molecule has 0 saturated carbocycles. The summed E-state index contributed by atoms with van der Waals surface area (Å²) in [5, 5.41) is 0. The van der Waals surface area contributed by atoms with Crippen LogP contribution >= 0.6 is 0 Å². The largest absolute Gasteiger partial charge is 0.342 e. The van der Waals surface area contributed by atoms with E-state index in [1.54, 1.807) is 30.6 Å². The summed E-state index contributed by atoms with van der Waals surface area (Å²) in [5.74, 6) is -0.134. The van der Waals surface area contributed by atoms with Gasteiger partial charge in [0.05, 0.1) is 0 Å². The average molecular weight is 323 g/mol. The van der Waals surface area contributed by atoms with Gasteiger partial charge in [-0.3, -0.25) is 14.4 Å². The first kappa shape index (κ1) is 17.8. The Labute approximate surface area is 138 Å². The lowest BCUT2D eigenvalue weighted by atomic mass is 9.89. The van der Waals surface area contributed by atoms with E-state index in [1.165, 1.54) is 0 Å². The molecule has 0 aromatic rings. The van der Waals surface area contributed by atoms with E-state index in [-0.39, 0.29) is 17.7 Å². The maximum atomic E-state index is 12.8. The van der Waals surface area contributed by atoms with Gasteiger partial charge in [0, 0.05) is 46.2 Å². The molecule has 0 bridgehead atoms. The SMILES string of the molecule is CC(=O)N1CCN(C(=O)C(C)(C)C(=O)N2CCCCCC2)CC1. The quantitative estimate of drug-likeness (QED) is 0.715. The van der Waals surface area contributed by atoms with E-state index in [1.807, 2.05) is 4.90 Å². The van der Waals surface area contributed by atoms with Gasteiger partial charge in [-0.1, -0.05) is 12.8 Å². The summed E-state index contributed by atoms with van der Waals surface area (Å²) in [6.45, 7) is 8.65. The zero-order chi connectivity index (χ0) is 17.0. The van der Waals surface area contributed by atoms with Gasteiger partial charge in [0.1, 0.15) is 5.41 Å². The molecule has 0 unspecified atom stereocenters. The third-order valence-corrected chi connectivity index (χ3v) is 4.97. The van der Waals surface area contributed by atoms with Crippen molar-refractivity contribution in [3.8, 4) is 0 Å². The highest BCUT2D eigenvalue weighted by Gasteiger charge is 2.42. The first-order valence-electron chi connectivity index (χ1n) is 8.68. The van der Waals surface area contributed by atoms with Crippen molar-refractivity contribution in [2.75, 3.05) is 39.3 Å². The highest BCUT2D eigenvalue weighted by atomic mass is 16.2. The van der Waals surface area contributed by atoms with Crippen molar-refractivity contribution in [3.05, 3.63) is 0 Å². The minimum absolute atomic E-state index is 0.0389. The third kappa shape index (κ3) is 4.03. The lowest BCUT2D eigenvalue weighted by Crippen LogP contribution is -2.56. The van der Waals surface area contributed by atoms with Crippen molar-refractivity contribution < 1.29 is 14.4 Å². The number of carbonyl (C=O) groups excluding carboxylic acids is 3. The van der Waals surface area contributed by atoms with Crippen molar-refractivity contribution in [1.29, 1.82) is 0 Å². The molecule has 0 aromatic heterocycles. The molecule has 2 fully saturated rings. The van der Waals surface area contributed by atoms with Gasteiger partial charge < -0.3 is 14.7 Å². The Bertz CT molecular complexity index is 460. The molecule has 2 saturated heterocycles. The predicted octanol–water partition coefficient (Wildman–Crippen LogP) is 1.11. The van der Waals surface area contributed by atoms with E-state index in [9.17, 15) is 14.4 Å². The smallest absolute Gasteiger partial charge is 0.237 e. The summed E-state index contributed by atoms with van der Waals surface area (Å²) in [7, 11) is 0. The van der Waals surface area contributed by atoms with Gasteiger partial charge in [-0.2, -0.15) is 0 Å². The molecule has 0 spiro atoms. The first-order valence-corrected chi connectivity index (χ1v) is 8.68. The first-order chi connectivity index (χ1) is 10.8. The van der Waals surface area contributed by atoms with Crippen molar-refractivity contribution in [2.45, 2.75) is 46.5 Å². The minimum Gasteiger partial charge on any atom is -0.342 e. The second-order valence-corrected chi connectivity index (χ2v) is 7.13. The molecule has 2 rings (SSSR count). The molecule has 0 aromatic carbocycles. The number of carbonyl (C=O) groups is 3. The standard InChI is InChI=1S/C17H29N3O3/c1-14(21)18-10-12-20(13-11-18)16(23)17(2,3)15(22)19-8-6-4-5-7-9-19/h4-13H2,1-3H3. The van der Waals surface area contributed by atoms with Crippen LogP contribution in [0.15, 0.2) is 0 Å². The van der Waals surface area contributed by atoms with Gasteiger partial charge >= 0.3 is 0 Å². The van der Waals surface area contributed by atoms with Gasteiger partial charge in [0.2, 0.25) is 17.7 Å². The fraction of sp³-hybridized carbons (Fsp3) is 0.824. The van der Waals surface area contributed by atoms with Crippen molar-refractivity contribution >= 4 is 17.7 Å². The Morgan fingerprint density at radius 1 is 0.652 bits per heavy atom. The van der Waals surface area contributed by atoms with E-state index >= 15 is 0 Å². The number of hydrogen-bond acceptors (Lipinski definition) is 3. The lowest BCUT2D eigenvalue weighted by Gasteiger charge is -2.39. The molecule has 0 N–H and O–H groups in total. The van der Waals surface area contributed by atoms with Crippen LogP contribution in [0, 0.1) is 5.41 Å². The zero-order valence-corrected chi connectivity index (χ0v) is 14.6. The van der Waals surface area contributed by atoms with Crippen LogP contribution in [0.25, 0.3) is 0 Å². The lowest BCUT2D eigenvalue weighted by molar-refractivity contribution is -0.156. The minimum atomic E-state index is -1.03. The van der Waals surface area contributed by atoms with E-state index in [0.29, 0.717) is 26.2 Å². The molecule has 0 radical (unpaired) electrons. The Kier molecular flexibility index (Phi) is 5.65. The summed E-state index contributed by atoms with van der Waals surface area (Å²) >= 11 is 0. The summed E-state index contributed by atoms with van der Waals surface area (Å²) in [6.07, 6.45) is 4.36. The van der Waals surface area contributed by atoms with Gasteiger partial charge in [-0.05, 0) is 26.7 Å². The number of amides is 3. The fourth-order valence-corrected chi connectivity index (χ4v) is 3.38. The molecular weight excluding hydrogens is 294 g/mol. The molecule has 2 heterocycles. The number of nitrogens with zero attached hydrogens (tertiary/aromatic N) is 3. The van der Waals surface area contributed by atoms with E-state index in [2.05, 4.69) is 0 Å². The summed E-state index contributed by atoms with van der Waals surface area (Å²) in [6, 6.07) is 0. The van der Waals surface area contributed by atoms with Crippen LogP contribution in [0.3, 0.4) is 0 Å². The molecule has 2 aliphatic heterocycles. The number of hydrogen-bond donors (Lipinski definition) is 0. The summed E-state index contributed by atoms with van der Waals surface area (Å²) in [5.41, 5.74) is -1.03. The molecule has 6 nitrogen and oxygen atoms in total. The Morgan fingerprint density at radius 3 is 1.48 bits per heavy atom. The van der Waals surface area contributed by atoms with Gasteiger partial charge in [0.15, 0.2) is 0 Å². The topological polar surface area (TPSA) is 60.9 Å². The highest BCUT2D eigenvalue weighted by Crippen LogP contribution is 2.25. The second kappa shape index (κ2) is 7.32. The molecule has 0 aliphatic carbocycles. The molecular formula is C17H29N3O3. The molecule has 0 atom stereocenters. The van der Waals surface area contributed by atoms with Crippen LogP contribution in [0.1, 0.15) is 46.5 Å². The summed E-state index contributed by atoms with van der Waals surface area (Å²) < 4.78 is 0. The van der Waals surface area contributed by atoms with Gasteiger partial charge in [-0.15, -0.1) is 0 Å². The molecule has 2 aliphatic rings. The fourth-order valence-electron chi connectivity index (χ4n) is 3.38. The number of likely N-dealkylation sites (tertiary alicyclic amines) is 1. The van der Waals surface area contributed by atoms with Crippen molar-refractivity contribution in [2.24, 2.45) is 5.41 Å². The zero-order valence-electron chi connectivity index (χ0n) is 14.6. The Hall–Kier alpha value is -1.59. The third-order valence-electron chi connectivity index (χ3n) is 4.97. The van der Waals surface area contributed by atoms with Crippen LogP contribution in [-0.2, 0) is 14.4 Å². The van der Waals surface area contributed by atoms with E-state index in [4.69, 9.17) is 0 Å². The number of rotatable bonds is 2. The average Bonchev–Trinajstić information content (AvgIpc) is 2.82. The van der Waals surface area contributed by atoms with E-state index < -0.39 is 5.41 Å². The number of piperazine rings is 1. The summed E-state index contributed by atoms with van der Waals surface area (Å²) in [4.78, 5) is 42.4. The maximum Gasteiger partial charge on any atom is 0.237 e. The second-order valence-electron chi connectivity index (χ2n) is 7.13. The normalized spacial score (nSPS) is 20.2.